The van der Waals surface area contributed by atoms with E-state index in [9.17, 15) is 4.79 Å². The summed E-state index contributed by atoms with van der Waals surface area (Å²) in [7, 11) is 0. The van der Waals surface area contributed by atoms with Crippen LogP contribution in [0.3, 0.4) is 0 Å². The van der Waals surface area contributed by atoms with Gasteiger partial charge in [-0.25, -0.2) is 0 Å². The Morgan fingerprint density at radius 1 is 1.33 bits per heavy atom. The van der Waals surface area contributed by atoms with Crippen LogP contribution in [0.25, 0.3) is 0 Å². The Morgan fingerprint density at radius 2 is 2.00 bits per heavy atom. The minimum Gasteiger partial charge on any atom is -0.481 e. The maximum atomic E-state index is 11.0. The zero-order valence-corrected chi connectivity index (χ0v) is 12.4. The number of rotatable bonds is 6. The van der Waals surface area contributed by atoms with E-state index in [2.05, 4.69) is 32.0 Å². The van der Waals surface area contributed by atoms with Gasteiger partial charge in [-0.2, -0.15) is 0 Å². The minimum absolute atomic E-state index is 0.608. The van der Waals surface area contributed by atoms with Crippen molar-refractivity contribution in [1.82, 2.24) is 0 Å². The summed E-state index contributed by atoms with van der Waals surface area (Å²) in [5, 5.41) is 9.03. The molecule has 0 spiro atoms. The van der Waals surface area contributed by atoms with Gasteiger partial charge in [0.25, 0.3) is 0 Å². The van der Waals surface area contributed by atoms with Crippen LogP contribution in [0.4, 0.5) is 0 Å². The molecule has 0 fully saturated rings. The van der Waals surface area contributed by atoms with Crippen LogP contribution in [-0.4, -0.2) is 16.8 Å². The molecule has 1 rings (SSSR count). The molecule has 0 atom stereocenters. The second-order valence-electron chi connectivity index (χ2n) is 5.41. The van der Waals surface area contributed by atoms with Gasteiger partial charge in [0, 0.05) is 4.90 Å². The molecule has 0 aliphatic heterocycles. The lowest BCUT2D eigenvalue weighted by atomic mass is 9.88. The Morgan fingerprint density at radius 3 is 2.56 bits per heavy atom. The summed E-state index contributed by atoms with van der Waals surface area (Å²) in [5.74, 6) is 0.264. The maximum Gasteiger partial charge on any atom is 0.309 e. The van der Waals surface area contributed by atoms with E-state index in [4.69, 9.17) is 5.11 Å². The SMILES string of the molecule is Cc1ccc(SCCCC(C)(C)C(=O)O)c(C)c1. The molecule has 0 saturated carbocycles. The number of aliphatic carboxylic acids is 1. The highest BCUT2D eigenvalue weighted by Crippen LogP contribution is 2.27. The molecule has 1 aromatic carbocycles. The van der Waals surface area contributed by atoms with Gasteiger partial charge in [-0.05, 0) is 57.9 Å². The van der Waals surface area contributed by atoms with Crippen LogP contribution >= 0.6 is 11.8 Å². The van der Waals surface area contributed by atoms with Gasteiger partial charge in [-0.3, -0.25) is 4.79 Å². The van der Waals surface area contributed by atoms with Crippen molar-refractivity contribution in [3.8, 4) is 0 Å². The number of thioether (sulfide) groups is 1. The van der Waals surface area contributed by atoms with Crippen molar-refractivity contribution in [3.63, 3.8) is 0 Å². The minimum atomic E-state index is -0.709. The van der Waals surface area contributed by atoms with Crippen LogP contribution in [0.2, 0.25) is 0 Å². The Kier molecular flexibility index (Phi) is 5.27. The molecule has 0 bridgehead atoms. The van der Waals surface area contributed by atoms with Crippen molar-refractivity contribution in [2.24, 2.45) is 5.41 Å². The number of carboxylic acid groups (broad SMARTS) is 1. The lowest BCUT2D eigenvalue weighted by Gasteiger charge is -2.18. The zero-order chi connectivity index (χ0) is 13.8. The first kappa shape index (κ1) is 15.1. The summed E-state index contributed by atoms with van der Waals surface area (Å²) >= 11 is 1.82. The molecule has 100 valence electrons. The predicted octanol–water partition coefficient (Wildman–Crippen LogP) is 4.29. The van der Waals surface area contributed by atoms with Gasteiger partial charge in [0.15, 0.2) is 0 Å². The summed E-state index contributed by atoms with van der Waals surface area (Å²) in [6, 6.07) is 6.46. The number of benzene rings is 1. The predicted molar refractivity (Wildman–Crippen MR) is 77.3 cm³/mol. The molecule has 0 aromatic heterocycles. The van der Waals surface area contributed by atoms with Gasteiger partial charge in [0.05, 0.1) is 5.41 Å². The summed E-state index contributed by atoms with van der Waals surface area (Å²) in [4.78, 5) is 12.3. The number of carboxylic acids is 1. The molecule has 0 saturated heterocycles. The summed E-state index contributed by atoms with van der Waals surface area (Å²) < 4.78 is 0. The van der Waals surface area contributed by atoms with Crippen molar-refractivity contribution in [1.29, 1.82) is 0 Å². The van der Waals surface area contributed by atoms with Crippen LogP contribution < -0.4 is 0 Å². The van der Waals surface area contributed by atoms with Gasteiger partial charge in [0.2, 0.25) is 0 Å². The van der Waals surface area contributed by atoms with Crippen LogP contribution in [0.5, 0.6) is 0 Å². The Balaban J connectivity index is 2.41. The highest BCUT2D eigenvalue weighted by atomic mass is 32.2. The summed E-state index contributed by atoms with van der Waals surface area (Å²) in [5.41, 5.74) is 1.98. The van der Waals surface area contributed by atoms with Crippen LogP contribution in [0.15, 0.2) is 23.1 Å². The Labute approximate surface area is 114 Å². The lowest BCUT2D eigenvalue weighted by Crippen LogP contribution is -2.23. The molecular weight excluding hydrogens is 244 g/mol. The number of hydrogen-bond donors (Lipinski definition) is 1. The van der Waals surface area contributed by atoms with E-state index in [0.717, 1.165) is 18.6 Å². The fourth-order valence-corrected chi connectivity index (χ4v) is 2.72. The van der Waals surface area contributed by atoms with Gasteiger partial charge in [-0.1, -0.05) is 17.7 Å². The fraction of sp³-hybridized carbons (Fsp3) is 0.533. The lowest BCUT2D eigenvalue weighted by molar-refractivity contribution is -0.147. The van der Waals surface area contributed by atoms with Gasteiger partial charge < -0.3 is 5.11 Å². The number of hydrogen-bond acceptors (Lipinski definition) is 2. The van der Waals surface area contributed by atoms with Gasteiger partial charge >= 0.3 is 5.97 Å². The van der Waals surface area contributed by atoms with Gasteiger partial charge in [0.1, 0.15) is 0 Å². The molecule has 3 heteroatoms. The average Bonchev–Trinajstić information content (AvgIpc) is 2.26. The van der Waals surface area contributed by atoms with E-state index in [0.29, 0.717) is 0 Å². The van der Waals surface area contributed by atoms with E-state index < -0.39 is 11.4 Å². The smallest absolute Gasteiger partial charge is 0.309 e. The first-order valence-electron chi connectivity index (χ1n) is 6.26. The van der Waals surface area contributed by atoms with Crippen molar-refractivity contribution < 1.29 is 9.90 Å². The third-order valence-corrected chi connectivity index (χ3v) is 4.37. The van der Waals surface area contributed by atoms with Crippen molar-refractivity contribution in [2.75, 3.05) is 5.75 Å². The van der Waals surface area contributed by atoms with E-state index in [1.165, 1.54) is 16.0 Å². The van der Waals surface area contributed by atoms with Crippen molar-refractivity contribution >= 4 is 17.7 Å². The first-order chi connectivity index (χ1) is 8.33. The fourth-order valence-electron chi connectivity index (χ4n) is 1.76. The largest absolute Gasteiger partial charge is 0.481 e. The normalized spacial score (nSPS) is 11.6. The molecule has 18 heavy (non-hydrogen) atoms. The third kappa shape index (κ3) is 4.37. The van der Waals surface area contributed by atoms with E-state index >= 15 is 0 Å². The zero-order valence-electron chi connectivity index (χ0n) is 11.6. The highest BCUT2D eigenvalue weighted by Gasteiger charge is 2.26. The molecule has 0 heterocycles. The number of carbonyl (C=O) groups is 1. The van der Waals surface area contributed by atoms with Crippen LogP contribution in [0.1, 0.15) is 37.8 Å². The molecule has 2 nitrogen and oxygen atoms in total. The summed E-state index contributed by atoms with van der Waals surface area (Å²) in [6.07, 6.45) is 1.65. The molecule has 0 amide bonds. The van der Waals surface area contributed by atoms with Crippen molar-refractivity contribution in [2.45, 2.75) is 45.4 Å². The molecule has 0 aliphatic carbocycles. The molecule has 0 radical (unpaired) electrons. The van der Waals surface area contributed by atoms with E-state index in [1.807, 2.05) is 11.8 Å². The van der Waals surface area contributed by atoms with Crippen molar-refractivity contribution in [3.05, 3.63) is 29.3 Å². The number of aryl methyl sites for hydroxylation is 2. The monoisotopic (exact) mass is 266 g/mol. The Hall–Kier alpha value is -0.960. The molecule has 0 aliphatic rings. The van der Waals surface area contributed by atoms with Crippen LogP contribution in [0, 0.1) is 19.3 Å². The molecule has 1 aromatic rings. The standard InChI is InChI=1S/C15H22O2S/c1-11-6-7-13(12(2)10-11)18-9-5-8-15(3,4)14(16)17/h6-7,10H,5,8-9H2,1-4H3,(H,16,17). The average molecular weight is 266 g/mol. The third-order valence-electron chi connectivity index (χ3n) is 3.11. The topological polar surface area (TPSA) is 37.3 Å². The molecule has 1 N–H and O–H groups in total. The first-order valence-corrected chi connectivity index (χ1v) is 7.25. The maximum absolute atomic E-state index is 11.0. The van der Waals surface area contributed by atoms with E-state index in [-0.39, 0.29) is 0 Å². The quantitative estimate of drug-likeness (QED) is 0.616. The second kappa shape index (κ2) is 6.28. The molecule has 0 unspecified atom stereocenters. The van der Waals surface area contributed by atoms with E-state index in [1.54, 1.807) is 13.8 Å². The molecular formula is C15H22O2S. The summed E-state index contributed by atoms with van der Waals surface area (Å²) in [6.45, 7) is 7.79. The van der Waals surface area contributed by atoms with Gasteiger partial charge in [-0.15, -0.1) is 11.8 Å². The highest BCUT2D eigenvalue weighted by molar-refractivity contribution is 7.99. The second-order valence-corrected chi connectivity index (χ2v) is 6.55. The Bertz CT molecular complexity index is 425. The van der Waals surface area contributed by atoms with Crippen LogP contribution in [-0.2, 0) is 4.79 Å².